The van der Waals surface area contributed by atoms with Crippen molar-refractivity contribution in [2.75, 3.05) is 13.2 Å². The summed E-state index contributed by atoms with van der Waals surface area (Å²) in [5.74, 6) is -1.00. The summed E-state index contributed by atoms with van der Waals surface area (Å²) in [5, 5.41) is 10.9. The number of carboxylic acid groups (broad SMARTS) is 1. The predicted octanol–water partition coefficient (Wildman–Crippen LogP) is 8.20. The summed E-state index contributed by atoms with van der Waals surface area (Å²) in [6.45, 7) is 9.28. The van der Waals surface area contributed by atoms with Gasteiger partial charge in [0.05, 0.1) is 52.4 Å². The van der Waals surface area contributed by atoms with E-state index in [9.17, 15) is 14.7 Å². The Morgan fingerprint density at radius 1 is 0.870 bits per heavy atom. The number of fused-ring (bicyclic) bond motifs is 2. The summed E-state index contributed by atoms with van der Waals surface area (Å²) >= 11 is 1.25. The number of benzene rings is 3. The van der Waals surface area contributed by atoms with Gasteiger partial charge in [-0.15, -0.1) is 11.3 Å². The Bertz CT molecular complexity index is 2120. The molecule has 0 radical (unpaired) electrons. The Labute approximate surface area is 271 Å². The smallest absolute Gasteiger partial charge is 0.345 e. The number of nitrogens with zero attached hydrogens (tertiary/aromatic N) is 3. The van der Waals surface area contributed by atoms with Crippen molar-refractivity contribution in [1.82, 2.24) is 14.5 Å². The standard InChI is InChI=1S/C38H35N3O4S/c1-22-10-11-27(16-23(22)2)30-14-12-28-17-29(13-15-31(28)39-30)36-35(26-8-6-5-7-9-26)37-32(18-33(46-37)38(43)44)40(36)19-34(42)41-24(3)20-45-21-25(41)4/h5-18,24-25H,19-21H2,1-4H3,(H,43,44). The summed E-state index contributed by atoms with van der Waals surface area (Å²) in [7, 11) is 0. The minimum atomic E-state index is -0.980. The minimum absolute atomic E-state index is 0.0235. The maximum atomic E-state index is 14.1. The first-order valence-electron chi connectivity index (χ1n) is 15.5. The Morgan fingerprint density at radius 2 is 1.61 bits per heavy atom. The van der Waals surface area contributed by atoms with Gasteiger partial charge >= 0.3 is 5.97 Å². The number of amides is 1. The van der Waals surface area contributed by atoms with Crippen molar-refractivity contribution in [2.45, 2.75) is 46.3 Å². The number of carboxylic acids is 1. The van der Waals surface area contributed by atoms with Gasteiger partial charge in [-0.2, -0.15) is 0 Å². The third kappa shape index (κ3) is 5.27. The van der Waals surface area contributed by atoms with Crippen molar-refractivity contribution in [1.29, 1.82) is 0 Å². The van der Waals surface area contributed by atoms with Gasteiger partial charge < -0.3 is 19.3 Å². The van der Waals surface area contributed by atoms with Crippen molar-refractivity contribution in [2.24, 2.45) is 0 Å². The van der Waals surface area contributed by atoms with Gasteiger partial charge in [-0.1, -0.05) is 54.6 Å². The molecule has 6 aromatic rings. The fraction of sp³-hybridized carbons (Fsp3) is 0.237. The van der Waals surface area contributed by atoms with Gasteiger partial charge in [0.15, 0.2) is 0 Å². The van der Waals surface area contributed by atoms with Crippen molar-refractivity contribution in [3.05, 3.63) is 101 Å². The highest BCUT2D eigenvalue weighted by Gasteiger charge is 2.32. The number of carbonyl (C=O) groups excluding carboxylic acids is 1. The molecule has 2 unspecified atom stereocenters. The van der Waals surface area contributed by atoms with Crippen LogP contribution in [0.2, 0.25) is 0 Å². The number of morpholine rings is 1. The number of pyridine rings is 1. The number of aromatic carboxylic acids is 1. The SMILES string of the molecule is Cc1ccc(-c2ccc3cc(-c4c(-c5ccccc5)c5sc(C(=O)O)cc5n4CC(=O)N4C(C)COCC4C)ccc3n2)cc1C. The molecule has 1 amide bonds. The molecule has 8 heteroatoms. The highest BCUT2D eigenvalue weighted by Crippen LogP contribution is 2.45. The van der Waals surface area contributed by atoms with Crippen molar-refractivity contribution < 1.29 is 19.4 Å². The second-order valence-corrected chi connectivity index (χ2v) is 13.3. The van der Waals surface area contributed by atoms with Gasteiger partial charge in [0.25, 0.3) is 0 Å². The molecule has 0 saturated carbocycles. The number of carbonyl (C=O) groups is 2. The maximum absolute atomic E-state index is 14.1. The van der Waals surface area contributed by atoms with E-state index in [2.05, 4.69) is 56.3 Å². The number of ether oxygens (including phenoxy) is 1. The van der Waals surface area contributed by atoms with E-state index in [1.165, 1.54) is 22.5 Å². The quantitative estimate of drug-likeness (QED) is 0.201. The molecule has 0 aliphatic carbocycles. The van der Waals surface area contributed by atoms with E-state index in [0.29, 0.717) is 13.2 Å². The third-order valence-corrected chi connectivity index (χ3v) is 10.2. The highest BCUT2D eigenvalue weighted by molar-refractivity contribution is 7.21. The van der Waals surface area contributed by atoms with Gasteiger partial charge in [0, 0.05) is 16.5 Å². The molecule has 1 aliphatic rings. The molecule has 3 aromatic carbocycles. The molecule has 4 heterocycles. The summed E-state index contributed by atoms with van der Waals surface area (Å²) < 4.78 is 8.55. The van der Waals surface area contributed by atoms with Crippen LogP contribution in [-0.4, -0.2) is 56.7 Å². The van der Waals surface area contributed by atoms with Crippen LogP contribution in [-0.2, 0) is 16.1 Å². The lowest BCUT2D eigenvalue weighted by atomic mass is 9.99. The van der Waals surface area contributed by atoms with Gasteiger partial charge in [-0.25, -0.2) is 9.78 Å². The summed E-state index contributed by atoms with van der Waals surface area (Å²) in [5.41, 5.74) is 9.78. The number of aromatic nitrogens is 2. The van der Waals surface area contributed by atoms with E-state index in [0.717, 1.165) is 54.8 Å². The summed E-state index contributed by atoms with van der Waals surface area (Å²) in [6, 6.07) is 28.3. The molecule has 0 bridgehead atoms. The lowest BCUT2D eigenvalue weighted by molar-refractivity contribution is -0.144. The first-order chi connectivity index (χ1) is 22.2. The molecular formula is C38H35N3O4S. The molecule has 1 fully saturated rings. The van der Waals surface area contributed by atoms with Crippen LogP contribution in [0, 0.1) is 13.8 Å². The average molecular weight is 630 g/mol. The first kappa shape index (κ1) is 29.9. The van der Waals surface area contributed by atoms with Crippen LogP contribution in [0.25, 0.3) is 54.8 Å². The maximum Gasteiger partial charge on any atom is 0.345 e. The van der Waals surface area contributed by atoms with Crippen LogP contribution in [0.5, 0.6) is 0 Å². The van der Waals surface area contributed by atoms with E-state index >= 15 is 0 Å². The second kappa shape index (κ2) is 11.9. The van der Waals surface area contributed by atoms with Crippen LogP contribution in [0.15, 0.2) is 84.9 Å². The molecule has 1 saturated heterocycles. The zero-order chi connectivity index (χ0) is 32.1. The van der Waals surface area contributed by atoms with Gasteiger partial charge in [-0.3, -0.25) is 4.79 Å². The minimum Gasteiger partial charge on any atom is -0.477 e. The monoisotopic (exact) mass is 629 g/mol. The number of hydrogen-bond acceptors (Lipinski definition) is 5. The molecule has 0 spiro atoms. The van der Waals surface area contributed by atoms with Crippen molar-refractivity contribution in [3.8, 4) is 33.6 Å². The summed E-state index contributed by atoms with van der Waals surface area (Å²) in [6.07, 6.45) is 0. The lowest BCUT2D eigenvalue weighted by Crippen LogP contribution is -2.53. The second-order valence-electron chi connectivity index (χ2n) is 12.2. The number of hydrogen-bond donors (Lipinski definition) is 1. The van der Waals surface area contributed by atoms with E-state index in [1.54, 1.807) is 6.07 Å². The Kier molecular flexibility index (Phi) is 7.71. The van der Waals surface area contributed by atoms with Crippen LogP contribution in [0.1, 0.15) is 34.6 Å². The Balaban J connectivity index is 1.41. The van der Waals surface area contributed by atoms with E-state index in [4.69, 9.17) is 9.72 Å². The third-order valence-electron chi connectivity index (χ3n) is 9.02. The van der Waals surface area contributed by atoms with Gasteiger partial charge in [-0.05, 0) is 80.3 Å². The Morgan fingerprint density at radius 3 is 2.33 bits per heavy atom. The molecule has 2 atom stereocenters. The van der Waals surface area contributed by atoms with Crippen molar-refractivity contribution in [3.63, 3.8) is 0 Å². The molecule has 1 aliphatic heterocycles. The zero-order valence-electron chi connectivity index (χ0n) is 26.3. The molecule has 232 valence electrons. The fourth-order valence-corrected chi connectivity index (χ4v) is 7.68. The van der Waals surface area contributed by atoms with Gasteiger partial charge in [0.1, 0.15) is 11.4 Å². The van der Waals surface area contributed by atoms with E-state index in [1.807, 2.05) is 59.7 Å². The number of aryl methyl sites for hydroxylation is 2. The molecule has 7 nitrogen and oxygen atoms in total. The topological polar surface area (TPSA) is 84.7 Å². The molecule has 3 aromatic heterocycles. The number of thiophene rings is 1. The Hall–Kier alpha value is -4.79. The highest BCUT2D eigenvalue weighted by atomic mass is 32.1. The molecule has 7 rings (SSSR count). The molecule has 1 N–H and O–H groups in total. The van der Waals surface area contributed by atoms with Crippen LogP contribution in [0.3, 0.4) is 0 Å². The van der Waals surface area contributed by atoms with Crippen LogP contribution >= 0.6 is 11.3 Å². The van der Waals surface area contributed by atoms with Gasteiger partial charge in [0.2, 0.25) is 5.91 Å². The largest absolute Gasteiger partial charge is 0.477 e. The predicted molar refractivity (Wildman–Crippen MR) is 184 cm³/mol. The normalized spacial score (nSPS) is 16.7. The first-order valence-corrected chi connectivity index (χ1v) is 16.3. The lowest BCUT2D eigenvalue weighted by Gasteiger charge is -2.39. The summed E-state index contributed by atoms with van der Waals surface area (Å²) in [4.78, 5) is 33.4. The van der Waals surface area contributed by atoms with Crippen molar-refractivity contribution >= 4 is 44.3 Å². The molecular weight excluding hydrogens is 595 g/mol. The van der Waals surface area contributed by atoms with E-state index < -0.39 is 5.97 Å². The average Bonchev–Trinajstić information content (AvgIpc) is 3.60. The van der Waals surface area contributed by atoms with Crippen LogP contribution < -0.4 is 0 Å². The zero-order valence-corrected chi connectivity index (χ0v) is 27.1. The van der Waals surface area contributed by atoms with Crippen LogP contribution in [0.4, 0.5) is 0 Å². The fourth-order valence-electron chi connectivity index (χ4n) is 6.61. The van der Waals surface area contributed by atoms with E-state index in [-0.39, 0.29) is 29.4 Å². The number of rotatable bonds is 6. The molecule has 46 heavy (non-hydrogen) atoms.